The van der Waals surface area contributed by atoms with Gasteiger partial charge in [-0.2, -0.15) is 5.06 Å². The Balaban J connectivity index is 2.54. The third kappa shape index (κ3) is 6.49. The van der Waals surface area contributed by atoms with Crippen LogP contribution in [0.2, 0.25) is 16.6 Å². The van der Waals surface area contributed by atoms with Crippen LogP contribution in [0, 0.1) is 0 Å². The maximum Gasteiger partial charge on any atom is 0.305 e. The van der Waals surface area contributed by atoms with Crippen molar-refractivity contribution >= 4 is 14.3 Å². The van der Waals surface area contributed by atoms with Gasteiger partial charge < -0.3 is 9.16 Å². The van der Waals surface area contributed by atoms with Crippen LogP contribution in [0.5, 0.6) is 0 Å². The van der Waals surface area contributed by atoms with Crippen molar-refractivity contribution in [2.45, 2.75) is 110 Å². The highest BCUT2D eigenvalue weighted by Gasteiger charge is 2.49. The van der Waals surface area contributed by atoms with Crippen molar-refractivity contribution in [3.05, 3.63) is 47.7 Å². The van der Waals surface area contributed by atoms with Gasteiger partial charge in [0.2, 0.25) is 0 Å². The molecule has 1 aliphatic rings. The maximum atomic E-state index is 12.2. The molecule has 1 aromatic rings. The number of carbonyl (C=O) groups is 1. The summed E-state index contributed by atoms with van der Waals surface area (Å²) in [7, 11) is -2.19. The molecule has 1 heterocycles. The van der Waals surface area contributed by atoms with E-state index in [4.69, 9.17) is 14.0 Å². The smallest absolute Gasteiger partial charge is 0.305 e. The molecule has 0 spiro atoms. The molecule has 0 saturated carbocycles. The van der Waals surface area contributed by atoms with Crippen LogP contribution in [-0.4, -0.2) is 38.0 Å². The van der Waals surface area contributed by atoms with Gasteiger partial charge in [-0.1, -0.05) is 71.9 Å². The summed E-state index contributed by atoms with van der Waals surface area (Å²) in [6.45, 7) is 20.3. The molecular formula is C27H45NO4Si. The van der Waals surface area contributed by atoms with Crippen molar-refractivity contribution in [3.63, 3.8) is 0 Å². The normalized spacial score (nSPS) is 20.0. The van der Waals surface area contributed by atoms with Gasteiger partial charge in [-0.25, -0.2) is 0 Å². The van der Waals surface area contributed by atoms with Gasteiger partial charge in [0, 0.05) is 12.5 Å². The Labute approximate surface area is 202 Å². The van der Waals surface area contributed by atoms with Crippen LogP contribution in [0.4, 0.5) is 0 Å². The SMILES string of the molecule is CCOC(=O)CC[C@@H]1C(O[Si](C(C)C)(C(C)C)C(C)C)=C[C@H](c2ccccc2)ON1C(C)C. The van der Waals surface area contributed by atoms with Crippen LogP contribution in [-0.2, 0) is 18.8 Å². The van der Waals surface area contributed by atoms with Crippen molar-refractivity contribution in [2.75, 3.05) is 6.61 Å². The fourth-order valence-electron chi connectivity index (χ4n) is 5.32. The van der Waals surface area contributed by atoms with Gasteiger partial charge >= 0.3 is 5.97 Å². The van der Waals surface area contributed by atoms with E-state index in [1.807, 2.05) is 30.2 Å². The van der Waals surface area contributed by atoms with Gasteiger partial charge in [0.25, 0.3) is 8.32 Å². The van der Waals surface area contributed by atoms with Crippen molar-refractivity contribution < 1.29 is 18.8 Å². The lowest BCUT2D eigenvalue weighted by Gasteiger charge is -2.48. The summed E-state index contributed by atoms with van der Waals surface area (Å²) in [5, 5.41) is 2.03. The number of carbonyl (C=O) groups excluding carboxylic acids is 1. The quantitative estimate of drug-likeness (QED) is 0.251. The lowest BCUT2D eigenvalue weighted by Crippen LogP contribution is -2.52. The van der Waals surface area contributed by atoms with Crippen LogP contribution in [0.3, 0.4) is 0 Å². The molecule has 1 aromatic carbocycles. The van der Waals surface area contributed by atoms with E-state index in [0.29, 0.717) is 36.1 Å². The molecule has 1 aliphatic heterocycles. The molecule has 0 N–H and O–H groups in total. The monoisotopic (exact) mass is 475 g/mol. The zero-order chi connectivity index (χ0) is 24.8. The van der Waals surface area contributed by atoms with Gasteiger partial charge in [0.05, 0.1) is 18.4 Å². The van der Waals surface area contributed by atoms with Crippen molar-refractivity contribution in [2.24, 2.45) is 0 Å². The molecule has 0 unspecified atom stereocenters. The second-order valence-corrected chi connectivity index (χ2v) is 15.6. The lowest BCUT2D eigenvalue weighted by atomic mass is 10.0. The predicted octanol–water partition coefficient (Wildman–Crippen LogP) is 7.17. The molecule has 0 saturated heterocycles. The molecule has 5 nitrogen and oxygen atoms in total. The number of hydrogen-bond donors (Lipinski definition) is 0. The Kier molecular flexibility index (Phi) is 10.2. The Morgan fingerprint density at radius 2 is 1.58 bits per heavy atom. The molecule has 2 atom stereocenters. The number of hydroxylamine groups is 2. The minimum atomic E-state index is -2.19. The van der Waals surface area contributed by atoms with E-state index in [9.17, 15) is 4.79 Å². The van der Waals surface area contributed by atoms with E-state index in [1.165, 1.54) is 0 Å². The van der Waals surface area contributed by atoms with Crippen LogP contribution >= 0.6 is 0 Å². The largest absolute Gasteiger partial charge is 0.545 e. The summed E-state index contributed by atoms with van der Waals surface area (Å²) >= 11 is 0. The van der Waals surface area contributed by atoms with E-state index >= 15 is 0 Å². The molecule has 33 heavy (non-hydrogen) atoms. The minimum absolute atomic E-state index is 0.127. The van der Waals surface area contributed by atoms with E-state index in [0.717, 1.165) is 11.3 Å². The number of esters is 1. The summed E-state index contributed by atoms with van der Waals surface area (Å²) in [5.41, 5.74) is 2.46. The zero-order valence-electron chi connectivity index (χ0n) is 22.1. The van der Waals surface area contributed by atoms with E-state index in [1.54, 1.807) is 0 Å². The third-order valence-electron chi connectivity index (χ3n) is 6.75. The average molecular weight is 476 g/mol. The van der Waals surface area contributed by atoms with Crippen LogP contribution in [0.25, 0.3) is 0 Å². The second-order valence-electron chi connectivity index (χ2n) is 10.2. The number of hydrogen-bond acceptors (Lipinski definition) is 5. The molecule has 0 amide bonds. The summed E-state index contributed by atoms with van der Waals surface area (Å²) in [5.74, 6) is 0.779. The molecule has 2 rings (SSSR count). The molecule has 6 heteroatoms. The Hall–Kier alpha value is -1.63. The highest BCUT2D eigenvalue weighted by atomic mass is 28.4. The third-order valence-corrected chi connectivity index (χ3v) is 12.8. The summed E-state index contributed by atoms with van der Waals surface area (Å²) in [4.78, 5) is 18.7. The Morgan fingerprint density at radius 1 is 1.00 bits per heavy atom. The van der Waals surface area contributed by atoms with Crippen LogP contribution < -0.4 is 0 Å². The predicted molar refractivity (Wildman–Crippen MR) is 137 cm³/mol. The van der Waals surface area contributed by atoms with Gasteiger partial charge in [-0.05, 0) is 55.5 Å². The van der Waals surface area contributed by atoms with Gasteiger partial charge in [-0.15, -0.1) is 0 Å². The minimum Gasteiger partial charge on any atom is -0.545 e. The van der Waals surface area contributed by atoms with E-state index in [2.05, 4.69) is 73.6 Å². The molecule has 186 valence electrons. The lowest BCUT2D eigenvalue weighted by molar-refractivity contribution is -0.239. The fraction of sp³-hybridized carbons (Fsp3) is 0.667. The number of ether oxygens (including phenoxy) is 1. The molecule has 0 aliphatic carbocycles. The number of nitrogens with zero attached hydrogens (tertiary/aromatic N) is 1. The summed E-state index contributed by atoms with van der Waals surface area (Å²) < 4.78 is 12.4. The maximum absolute atomic E-state index is 12.2. The first-order valence-electron chi connectivity index (χ1n) is 12.6. The Morgan fingerprint density at radius 3 is 2.06 bits per heavy atom. The van der Waals surface area contributed by atoms with Crippen molar-refractivity contribution in [1.82, 2.24) is 5.06 Å². The Bertz CT molecular complexity index is 754. The first-order valence-corrected chi connectivity index (χ1v) is 14.7. The number of benzene rings is 1. The van der Waals surface area contributed by atoms with Crippen LogP contribution in [0.15, 0.2) is 42.2 Å². The topological polar surface area (TPSA) is 48.0 Å². The zero-order valence-corrected chi connectivity index (χ0v) is 23.1. The van der Waals surface area contributed by atoms with Gasteiger partial charge in [0.15, 0.2) is 0 Å². The molecule has 0 aromatic heterocycles. The van der Waals surface area contributed by atoms with Crippen molar-refractivity contribution in [1.29, 1.82) is 0 Å². The second kappa shape index (κ2) is 12.2. The number of rotatable bonds is 11. The molecular weight excluding hydrogens is 430 g/mol. The average Bonchev–Trinajstić information content (AvgIpc) is 2.75. The first-order chi connectivity index (χ1) is 15.5. The van der Waals surface area contributed by atoms with Gasteiger partial charge in [0.1, 0.15) is 6.10 Å². The fourth-order valence-corrected chi connectivity index (χ4v) is 10.6. The van der Waals surface area contributed by atoms with Crippen LogP contribution in [0.1, 0.15) is 86.8 Å². The molecule has 0 radical (unpaired) electrons. The standard InChI is InChI=1S/C27H45NO4Si/c1-10-30-27(29)17-16-24-26(32-33(20(4)5,21(6)7)22(8)9)18-25(31-28(24)19(2)3)23-14-12-11-13-15-23/h11-15,18-22,24-25H,10,16-17H2,1-9H3/t24-,25-/m1/s1. The molecule has 0 fully saturated rings. The first kappa shape index (κ1) is 27.6. The summed E-state index contributed by atoms with van der Waals surface area (Å²) in [6, 6.07) is 10.3. The highest BCUT2D eigenvalue weighted by Crippen LogP contribution is 2.46. The van der Waals surface area contributed by atoms with E-state index < -0.39 is 8.32 Å². The van der Waals surface area contributed by atoms with E-state index in [-0.39, 0.29) is 24.2 Å². The summed E-state index contributed by atoms with van der Waals surface area (Å²) in [6.07, 6.45) is 2.87. The highest BCUT2D eigenvalue weighted by molar-refractivity contribution is 6.77. The van der Waals surface area contributed by atoms with Gasteiger partial charge in [-0.3, -0.25) is 9.63 Å². The van der Waals surface area contributed by atoms with Crippen molar-refractivity contribution in [3.8, 4) is 0 Å². The molecule has 0 bridgehead atoms.